The fraction of sp³-hybridized carbons (Fsp3) is 0.933. The fourth-order valence-electron chi connectivity index (χ4n) is 1.69. The van der Waals surface area contributed by atoms with Gasteiger partial charge in [-0.2, -0.15) is 0 Å². The highest BCUT2D eigenvalue weighted by molar-refractivity contribution is 5.77. The lowest BCUT2D eigenvalue weighted by Crippen LogP contribution is -2.42. The van der Waals surface area contributed by atoms with Crippen molar-refractivity contribution in [3.8, 4) is 0 Å². The number of amides is 1. The number of carbonyl (C=O) groups is 1. The number of hydrogen-bond donors (Lipinski definition) is 1. The molecule has 0 aromatic heterocycles. The molecule has 3 nitrogen and oxygen atoms in total. The first kappa shape index (κ1) is 17.4. The van der Waals surface area contributed by atoms with E-state index in [-0.39, 0.29) is 5.91 Å². The molecule has 0 rings (SSSR count). The topological polar surface area (TPSA) is 46.3 Å². The van der Waals surface area contributed by atoms with Gasteiger partial charge in [0.15, 0.2) is 0 Å². The lowest BCUT2D eigenvalue weighted by Gasteiger charge is -2.28. The van der Waals surface area contributed by atoms with Crippen LogP contribution in [0.4, 0.5) is 0 Å². The van der Waals surface area contributed by atoms with Crippen LogP contribution in [0.25, 0.3) is 0 Å². The Morgan fingerprint density at radius 3 is 1.72 bits per heavy atom. The summed E-state index contributed by atoms with van der Waals surface area (Å²) in [6.07, 6.45) is 2.56. The Hall–Kier alpha value is -0.570. The van der Waals surface area contributed by atoms with E-state index in [0.29, 0.717) is 18.3 Å². The van der Waals surface area contributed by atoms with E-state index >= 15 is 0 Å². The summed E-state index contributed by atoms with van der Waals surface area (Å²) in [6.45, 7) is 14.3. The highest BCUT2D eigenvalue weighted by Gasteiger charge is 2.21. The van der Waals surface area contributed by atoms with Crippen molar-refractivity contribution in [2.24, 2.45) is 17.6 Å². The Bertz CT molecular complexity index is 229. The van der Waals surface area contributed by atoms with E-state index in [2.05, 4.69) is 27.7 Å². The Morgan fingerprint density at radius 1 is 1.06 bits per heavy atom. The van der Waals surface area contributed by atoms with Crippen molar-refractivity contribution >= 4 is 5.91 Å². The zero-order chi connectivity index (χ0) is 14.3. The zero-order valence-electron chi connectivity index (χ0n) is 13.1. The molecule has 0 saturated heterocycles. The van der Waals surface area contributed by atoms with Gasteiger partial charge in [0.2, 0.25) is 5.91 Å². The van der Waals surface area contributed by atoms with Crippen molar-refractivity contribution in [1.29, 1.82) is 0 Å². The van der Waals surface area contributed by atoms with Crippen LogP contribution in [0.2, 0.25) is 0 Å². The maximum absolute atomic E-state index is 12.2. The fourth-order valence-corrected chi connectivity index (χ4v) is 1.69. The third-order valence-corrected chi connectivity index (χ3v) is 2.91. The Kier molecular flexibility index (Phi) is 7.53. The third kappa shape index (κ3) is 9.46. The SMILES string of the molecule is CC(C)CCN(CCC(C)C)C(=O)CC(C)(C)N. The van der Waals surface area contributed by atoms with Crippen molar-refractivity contribution in [1.82, 2.24) is 4.90 Å². The van der Waals surface area contributed by atoms with Crippen molar-refractivity contribution < 1.29 is 4.79 Å². The first-order valence-corrected chi connectivity index (χ1v) is 7.18. The molecule has 0 heterocycles. The summed E-state index contributed by atoms with van der Waals surface area (Å²) in [4.78, 5) is 14.2. The van der Waals surface area contributed by atoms with Gasteiger partial charge < -0.3 is 10.6 Å². The molecule has 0 fully saturated rings. The third-order valence-electron chi connectivity index (χ3n) is 2.91. The minimum atomic E-state index is -0.412. The molecule has 0 spiro atoms. The molecule has 0 aliphatic heterocycles. The first-order chi connectivity index (χ1) is 8.11. The second-order valence-electron chi connectivity index (χ2n) is 6.91. The molecule has 0 aromatic carbocycles. The van der Waals surface area contributed by atoms with Crippen LogP contribution in [0, 0.1) is 11.8 Å². The Morgan fingerprint density at radius 2 is 1.44 bits per heavy atom. The summed E-state index contributed by atoms with van der Waals surface area (Å²) >= 11 is 0. The molecule has 2 N–H and O–H groups in total. The second-order valence-corrected chi connectivity index (χ2v) is 6.91. The van der Waals surface area contributed by atoms with Gasteiger partial charge >= 0.3 is 0 Å². The molecule has 0 radical (unpaired) electrons. The van der Waals surface area contributed by atoms with E-state index < -0.39 is 5.54 Å². The quantitative estimate of drug-likeness (QED) is 0.725. The molecule has 0 unspecified atom stereocenters. The van der Waals surface area contributed by atoms with Crippen LogP contribution in [-0.4, -0.2) is 29.4 Å². The number of carbonyl (C=O) groups excluding carboxylic acids is 1. The normalized spacial score (nSPS) is 12.3. The monoisotopic (exact) mass is 256 g/mol. The van der Waals surface area contributed by atoms with E-state index in [0.717, 1.165) is 25.9 Å². The summed E-state index contributed by atoms with van der Waals surface area (Å²) in [5.41, 5.74) is 5.53. The van der Waals surface area contributed by atoms with Crippen LogP contribution in [0.3, 0.4) is 0 Å². The molecule has 0 aliphatic rings. The van der Waals surface area contributed by atoms with Gasteiger partial charge in [-0.1, -0.05) is 27.7 Å². The molecule has 0 aromatic rings. The molecule has 0 atom stereocenters. The minimum Gasteiger partial charge on any atom is -0.343 e. The standard InChI is InChI=1S/C15H32N2O/c1-12(2)7-9-17(10-8-13(3)4)14(18)11-15(5,6)16/h12-13H,7-11,16H2,1-6H3. The van der Waals surface area contributed by atoms with Crippen LogP contribution in [0.5, 0.6) is 0 Å². The maximum Gasteiger partial charge on any atom is 0.224 e. The smallest absolute Gasteiger partial charge is 0.224 e. The summed E-state index contributed by atoms with van der Waals surface area (Å²) in [7, 11) is 0. The van der Waals surface area contributed by atoms with Crippen LogP contribution in [0.15, 0.2) is 0 Å². The van der Waals surface area contributed by atoms with Crippen molar-refractivity contribution in [3.05, 3.63) is 0 Å². The van der Waals surface area contributed by atoms with Crippen molar-refractivity contribution in [3.63, 3.8) is 0 Å². The van der Waals surface area contributed by atoms with Gasteiger partial charge in [0.05, 0.1) is 0 Å². The van der Waals surface area contributed by atoms with Gasteiger partial charge in [0, 0.05) is 25.0 Å². The van der Waals surface area contributed by atoms with Crippen molar-refractivity contribution in [2.45, 2.75) is 66.3 Å². The average Bonchev–Trinajstić information content (AvgIpc) is 2.13. The van der Waals surface area contributed by atoms with Gasteiger partial charge in [-0.05, 0) is 38.5 Å². The zero-order valence-corrected chi connectivity index (χ0v) is 13.1. The molecular weight excluding hydrogens is 224 g/mol. The summed E-state index contributed by atoms with van der Waals surface area (Å²) < 4.78 is 0. The number of rotatable bonds is 8. The average molecular weight is 256 g/mol. The number of hydrogen-bond acceptors (Lipinski definition) is 2. The van der Waals surface area contributed by atoms with Crippen LogP contribution in [0.1, 0.15) is 60.8 Å². The number of nitrogens with two attached hydrogens (primary N) is 1. The van der Waals surface area contributed by atoms with Crippen LogP contribution >= 0.6 is 0 Å². The van der Waals surface area contributed by atoms with Crippen LogP contribution in [-0.2, 0) is 4.79 Å². The maximum atomic E-state index is 12.2. The predicted octanol–water partition coefficient (Wildman–Crippen LogP) is 3.03. The second kappa shape index (κ2) is 7.78. The van der Waals surface area contributed by atoms with E-state index in [1.54, 1.807) is 0 Å². The highest BCUT2D eigenvalue weighted by atomic mass is 16.2. The largest absolute Gasteiger partial charge is 0.343 e. The molecule has 0 bridgehead atoms. The molecule has 0 aliphatic carbocycles. The minimum absolute atomic E-state index is 0.198. The molecular formula is C15H32N2O. The van der Waals surface area contributed by atoms with E-state index in [1.807, 2.05) is 18.7 Å². The Balaban J connectivity index is 4.39. The van der Waals surface area contributed by atoms with Crippen molar-refractivity contribution in [2.75, 3.05) is 13.1 Å². The first-order valence-electron chi connectivity index (χ1n) is 7.18. The molecule has 1 amide bonds. The van der Waals surface area contributed by atoms with E-state index in [1.165, 1.54) is 0 Å². The summed E-state index contributed by atoms with van der Waals surface area (Å²) in [6, 6.07) is 0. The Labute approximate surface area is 113 Å². The van der Waals surface area contributed by atoms with E-state index in [4.69, 9.17) is 5.73 Å². The lowest BCUT2D eigenvalue weighted by atomic mass is 10.0. The van der Waals surface area contributed by atoms with Gasteiger partial charge in [-0.3, -0.25) is 4.79 Å². The van der Waals surface area contributed by atoms with Gasteiger partial charge in [-0.15, -0.1) is 0 Å². The van der Waals surface area contributed by atoms with E-state index in [9.17, 15) is 4.79 Å². The van der Waals surface area contributed by atoms with Gasteiger partial charge in [0.1, 0.15) is 0 Å². The summed E-state index contributed by atoms with van der Waals surface area (Å²) in [5.74, 6) is 1.46. The molecule has 18 heavy (non-hydrogen) atoms. The van der Waals surface area contributed by atoms with Crippen LogP contribution < -0.4 is 5.73 Å². The summed E-state index contributed by atoms with van der Waals surface area (Å²) in [5, 5.41) is 0. The van der Waals surface area contributed by atoms with Gasteiger partial charge in [0.25, 0.3) is 0 Å². The lowest BCUT2D eigenvalue weighted by molar-refractivity contribution is -0.132. The number of nitrogens with zero attached hydrogens (tertiary/aromatic N) is 1. The molecule has 0 saturated carbocycles. The molecule has 108 valence electrons. The predicted molar refractivity (Wildman–Crippen MR) is 78.4 cm³/mol. The highest BCUT2D eigenvalue weighted by Crippen LogP contribution is 2.12. The van der Waals surface area contributed by atoms with Gasteiger partial charge in [-0.25, -0.2) is 0 Å². The molecule has 3 heteroatoms.